The molecule has 48 heavy (non-hydrogen) atoms. The van der Waals surface area contributed by atoms with Gasteiger partial charge in [-0.3, -0.25) is 24.0 Å². The van der Waals surface area contributed by atoms with E-state index < -0.39 is 47.3 Å². The number of ketones is 3. The molecule has 1 aromatic carbocycles. The van der Waals surface area contributed by atoms with E-state index in [0.29, 0.717) is 19.3 Å². The van der Waals surface area contributed by atoms with Gasteiger partial charge in [-0.1, -0.05) is 37.6 Å². The first kappa shape index (κ1) is 33.8. The number of carbonyl (C=O) groups is 6. The van der Waals surface area contributed by atoms with Crippen LogP contribution in [-0.4, -0.2) is 70.6 Å². The smallest absolute Gasteiger partial charge is 0.328 e. The molecule has 1 heterocycles. The summed E-state index contributed by atoms with van der Waals surface area (Å²) in [6.07, 6.45) is 6.38. The molecule has 1 amide bonds. The van der Waals surface area contributed by atoms with Gasteiger partial charge in [0.2, 0.25) is 11.7 Å². The van der Waals surface area contributed by atoms with Crippen LogP contribution in [0.3, 0.4) is 0 Å². The summed E-state index contributed by atoms with van der Waals surface area (Å²) in [7, 11) is 1.23. The fourth-order valence-corrected chi connectivity index (χ4v) is 9.52. The lowest BCUT2D eigenvalue weighted by Crippen LogP contribution is -2.61. The number of rotatable bonds is 10. The van der Waals surface area contributed by atoms with Crippen LogP contribution < -0.4 is 5.32 Å². The first-order chi connectivity index (χ1) is 22.8. The third-order valence-electron chi connectivity index (χ3n) is 12.1. The van der Waals surface area contributed by atoms with Gasteiger partial charge in [-0.2, -0.15) is 0 Å². The fourth-order valence-electron chi connectivity index (χ4n) is 9.52. The zero-order valence-electron chi connectivity index (χ0n) is 27.8. The van der Waals surface area contributed by atoms with Crippen molar-refractivity contribution in [2.45, 2.75) is 89.7 Å². The number of aromatic nitrogens is 1. The van der Waals surface area contributed by atoms with E-state index in [1.165, 1.54) is 7.11 Å². The number of aromatic amines is 1. The predicted molar refractivity (Wildman–Crippen MR) is 173 cm³/mol. The summed E-state index contributed by atoms with van der Waals surface area (Å²) in [5, 5.41) is 15.4. The van der Waals surface area contributed by atoms with E-state index in [2.05, 4.69) is 17.2 Å². The maximum absolute atomic E-state index is 13.8. The molecule has 0 bridgehead atoms. The van der Waals surface area contributed by atoms with E-state index in [0.717, 1.165) is 34.9 Å². The summed E-state index contributed by atoms with van der Waals surface area (Å²) < 4.78 is 10.1. The Labute approximate surface area is 279 Å². The highest BCUT2D eigenvalue weighted by Gasteiger charge is 2.68. The number of benzene rings is 1. The zero-order chi connectivity index (χ0) is 34.4. The SMILES string of the molecule is COC(=O)[C@H](Cc1c[nH]c2ccccc12)NC(=O)CCC(=O)OCC(=O)[C@@]1(O)CC[C@H]2[C@@H]3CCC4=CC(=O)CC[C@]4(C)[C@H]3C(=O)C[C@@]21C. The number of Topliss-reactive ketones (excluding diaryl/α,β-unsaturated/α-hetero) is 2. The minimum absolute atomic E-state index is 0.000674. The van der Waals surface area contributed by atoms with Crippen LogP contribution in [0, 0.1) is 28.6 Å². The van der Waals surface area contributed by atoms with Crippen molar-refractivity contribution in [2.24, 2.45) is 28.6 Å². The molecular weight excluding hydrogens is 616 g/mol. The molecule has 0 radical (unpaired) electrons. The molecule has 0 saturated heterocycles. The Balaban J connectivity index is 1.04. The monoisotopic (exact) mass is 660 g/mol. The van der Waals surface area contributed by atoms with Gasteiger partial charge >= 0.3 is 11.9 Å². The van der Waals surface area contributed by atoms with Crippen molar-refractivity contribution in [3.8, 4) is 0 Å². The highest BCUT2D eigenvalue weighted by molar-refractivity contribution is 5.95. The third-order valence-corrected chi connectivity index (χ3v) is 12.1. The molecule has 4 aliphatic carbocycles. The molecule has 11 nitrogen and oxygen atoms in total. The molecule has 0 spiro atoms. The van der Waals surface area contributed by atoms with Crippen LogP contribution in [0.1, 0.15) is 77.2 Å². The van der Waals surface area contributed by atoms with Gasteiger partial charge in [0.05, 0.1) is 13.5 Å². The van der Waals surface area contributed by atoms with E-state index in [1.807, 2.05) is 31.2 Å². The number of aliphatic hydroxyl groups is 1. The largest absolute Gasteiger partial charge is 0.467 e. The normalized spacial score (nSPS) is 31.6. The van der Waals surface area contributed by atoms with E-state index in [1.54, 1.807) is 12.3 Å². The van der Waals surface area contributed by atoms with Gasteiger partial charge in [0.1, 0.15) is 17.4 Å². The van der Waals surface area contributed by atoms with Crippen molar-refractivity contribution >= 4 is 46.1 Å². The molecule has 2 aromatic rings. The average Bonchev–Trinajstić information content (AvgIpc) is 3.59. The van der Waals surface area contributed by atoms with Crippen molar-refractivity contribution in [2.75, 3.05) is 13.7 Å². The second kappa shape index (κ2) is 12.7. The number of allylic oxidation sites excluding steroid dienone is 1. The number of para-hydroxylation sites is 1. The molecule has 6 rings (SSSR count). The molecule has 1 aromatic heterocycles. The van der Waals surface area contributed by atoms with Crippen LogP contribution in [0.2, 0.25) is 0 Å². The highest BCUT2D eigenvalue weighted by atomic mass is 16.5. The molecule has 0 aliphatic heterocycles. The van der Waals surface area contributed by atoms with Gasteiger partial charge in [0.15, 0.2) is 12.4 Å². The minimum Gasteiger partial charge on any atom is -0.467 e. The second-order valence-corrected chi connectivity index (χ2v) is 14.6. The average molecular weight is 661 g/mol. The minimum atomic E-state index is -1.83. The number of hydrogen-bond donors (Lipinski definition) is 3. The van der Waals surface area contributed by atoms with Crippen molar-refractivity contribution < 1.29 is 43.3 Å². The standard InChI is InChI=1S/C37H44N2O9/c1-35-14-12-23(40)17-22(35)8-9-25-26-13-15-37(46,36(26,2)18-29(41)33(25)35)30(42)20-48-32(44)11-10-31(43)39-28(34(45)47-3)16-21-19-38-27-7-5-4-6-24(21)27/h4-7,17,19,25-26,28,33,38,46H,8-16,18,20H2,1-3H3,(H,39,43)/t25-,26-,28-,33+,35-,36-,37-/m0/s1. The van der Waals surface area contributed by atoms with Gasteiger partial charge in [0.25, 0.3) is 0 Å². The summed E-state index contributed by atoms with van der Waals surface area (Å²) in [4.78, 5) is 80.5. The maximum Gasteiger partial charge on any atom is 0.328 e. The molecule has 0 unspecified atom stereocenters. The van der Waals surface area contributed by atoms with E-state index >= 15 is 0 Å². The van der Waals surface area contributed by atoms with Crippen LogP contribution in [-0.2, 0) is 44.7 Å². The van der Waals surface area contributed by atoms with E-state index in [4.69, 9.17) is 9.47 Å². The molecule has 3 fully saturated rings. The number of fused-ring (bicyclic) bond motifs is 6. The zero-order valence-corrected chi connectivity index (χ0v) is 27.8. The van der Waals surface area contributed by atoms with E-state index in [-0.39, 0.29) is 66.8 Å². The predicted octanol–water partition coefficient (Wildman–Crippen LogP) is 3.70. The number of hydrogen-bond acceptors (Lipinski definition) is 9. The Morgan fingerprint density at radius 2 is 1.83 bits per heavy atom. The third kappa shape index (κ3) is 5.69. The van der Waals surface area contributed by atoms with Gasteiger partial charge in [0, 0.05) is 54.1 Å². The Hall–Kier alpha value is -4.12. The first-order valence-electron chi connectivity index (χ1n) is 16.9. The Kier molecular flexibility index (Phi) is 8.95. The Bertz CT molecular complexity index is 1710. The second-order valence-electron chi connectivity index (χ2n) is 14.6. The molecular formula is C37H44N2O9. The summed E-state index contributed by atoms with van der Waals surface area (Å²) in [5.41, 5.74) is -0.439. The molecule has 11 heteroatoms. The van der Waals surface area contributed by atoms with Crippen molar-refractivity contribution in [3.05, 3.63) is 47.7 Å². The fraction of sp³-hybridized carbons (Fsp3) is 0.568. The topological polar surface area (TPSA) is 169 Å². The van der Waals surface area contributed by atoms with Crippen molar-refractivity contribution in [1.29, 1.82) is 0 Å². The van der Waals surface area contributed by atoms with Crippen molar-refractivity contribution in [3.63, 3.8) is 0 Å². The molecule has 7 atom stereocenters. The quantitative estimate of drug-likeness (QED) is 0.322. The molecule has 256 valence electrons. The van der Waals surface area contributed by atoms with Crippen LogP contribution in [0.5, 0.6) is 0 Å². The van der Waals surface area contributed by atoms with Gasteiger partial charge < -0.3 is 24.9 Å². The lowest BCUT2D eigenvalue weighted by Gasteiger charge is -2.57. The van der Waals surface area contributed by atoms with Crippen LogP contribution in [0.15, 0.2) is 42.1 Å². The van der Waals surface area contributed by atoms with Gasteiger partial charge in [-0.05, 0) is 67.1 Å². The van der Waals surface area contributed by atoms with Gasteiger partial charge in [-0.15, -0.1) is 0 Å². The highest BCUT2D eigenvalue weighted by Crippen LogP contribution is 2.66. The summed E-state index contributed by atoms with van der Waals surface area (Å²) in [6, 6.07) is 6.60. The lowest BCUT2D eigenvalue weighted by molar-refractivity contribution is -0.173. The number of H-pyrrole nitrogens is 1. The van der Waals surface area contributed by atoms with Crippen LogP contribution in [0.25, 0.3) is 10.9 Å². The van der Waals surface area contributed by atoms with E-state index in [9.17, 15) is 33.9 Å². The Morgan fingerprint density at radius 3 is 2.60 bits per heavy atom. The summed E-state index contributed by atoms with van der Waals surface area (Å²) >= 11 is 0. The lowest BCUT2D eigenvalue weighted by atomic mass is 9.46. The Morgan fingerprint density at radius 1 is 1.06 bits per heavy atom. The van der Waals surface area contributed by atoms with Crippen LogP contribution in [0.4, 0.5) is 0 Å². The number of esters is 2. The summed E-state index contributed by atoms with van der Waals surface area (Å²) in [5.74, 6) is -2.80. The van der Waals surface area contributed by atoms with Crippen LogP contribution >= 0.6 is 0 Å². The number of ether oxygens (including phenoxy) is 2. The maximum atomic E-state index is 13.8. The van der Waals surface area contributed by atoms with Crippen molar-refractivity contribution in [1.82, 2.24) is 10.3 Å². The number of amides is 1. The first-order valence-corrected chi connectivity index (χ1v) is 16.9. The molecule has 3 N–H and O–H groups in total. The number of methoxy groups -OCH3 is 1. The summed E-state index contributed by atoms with van der Waals surface area (Å²) in [6.45, 7) is 3.24. The number of nitrogens with one attached hydrogen (secondary N) is 2. The van der Waals surface area contributed by atoms with Gasteiger partial charge in [-0.25, -0.2) is 4.79 Å². The number of carbonyl (C=O) groups excluding carboxylic acids is 6. The molecule has 3 saturated carbocycles. The molecule has 4 aliphatic rings.